The van der Waals surface area contributed by atoms with Crippen LogP contribution in [0.25, 0.3) is 5.00 Å². The molecule has 2 amide bonds. The molecule has 1 aliphatic carbocycles. The average molecular weight is 530 g/mol. The normalized spacial score (nSPS) is 16.4. The third kappa shape index (κ3) is 4.34. The Hall–Kier alpha value is -3.16. The molecule has 0 saturated carbocycles. The Morgan fingerprint density at radius 2 is 1.89 bits per heavy atom. The molecule has 190 valence electrons. The minimum atomic E-state index is -0.222. The standard InChI is InChI=1S/C30H31N3O2S2/c1-19-10-15-26(35-2)24(17-19)31-30(34)33-18-23-22-7-4-5-9-27(22)37-29(23)32-16-6-8-25(32)28(33)20-11-13-21(36-3)14-12-20/h6,8,10-17,28H,4-5,7,9,18H2,1-3H3,(H,31,34)/t28-/m1/s1. The second kappa shape index (κ2) is 9.95. The molecule has 1 aliphatic heterocycles. The smallest absolute Gasteiger partial charge is 0.323 e. The number of rotatable bonds is 4. The maximum absolute atomic E-state index is 14.2. The number of aryl methyl sites for hydroxylation is 2. The number of thiophene rings is 1. The van der Waals surface area contributed by atoms with Crippen LogP contribution in [0, 0.1) is 6.92 Å². The molecule has 4 aromatic rings. The predicted octanol–water partition coefficient (Wildman–Crippen LogP) is 7.59. The first-order valence-corrected chi connectivity index (χ1v) is 14.8. The van der Waals surface area contributed by atoms with Gasteiger partial charge in [-0.2, -0.15) is 0 Å². The zero-order valence-electron chi connectivity index (χ0n) is 21.4. The molecule has 0 fully saturated rings. The number of benzene rings is 2. The van der Waals surface area contributed by atoms with Crippen LogP contribution in [0.4, 0.5) is 10.5 Å². The van der Waals surface area contributed by atoms with E-state index in [1.165, 1.54) is 38.7 Å². The maximum Gasteiger partial charge on any atom is 0.323 e. The number of methoxy groups -OCH3 is 1. The topological polar surface area (TPSA) is 46.5 Å². The van der Waals surface area contributed by atoms with Crippen LogP contribution in [-0.4, -0.2) is 28.9 Å². The lowest BCUT2D eigenvalue weighted by atomic mass is 9.95. The highest BCUT2D eigenvalue weighted by atomic mass is 32.2. The molecule has 0 unspecified atom stereocenters. The number of carbonyl (C=O) groups excluding carboxylic acids is 1. The van der Waals surface area contributed by atoms with E-state index in [9.17, 15) is 4.79 Å². The van der Waals surface area contributed by atoms with Crippen LogP contribution in [0.3, 0.4) is 0 Å². The van der Waals surface area contributed by atoms with Gasteiger partial charge in [0.25, 0.3) is 0 Å². The number of hydrogen-bond donors (Lipinski definition) is 1. The zero-order chi connectivity index (χ0) is 25.5. The van der Waals surface area contributed by atoms with Gasteiger partial charge in [-0.05, 0) is 92.0 Å². The number of carbonyl (C=O) groups is 1. The first kappa shape index (κ1) is 24.2. The number of anilines is 1. The quantitative estimate of drug-likeness (QED) is 0.277. The van der Waals surface area contributed by atoms with Crippen molar-refractivity contribution in [3.05, 3.63) is 93.6 Å². The molecule has 1 atom stereocenters. The van der Waals surface area contributed by atoms with Crippen LogP contribution >= 0.6 is 23.1 Å². The van der Waals surface area contributed by atoms with Crippen molar-refractivity contribution in [1.82, 2.24) is 9.47 Å². The SMILES string of the molecule is COc1ccc(C)cc1NC(=O)N1Cc2c(sc3c2CCCC3)-n2cccc2[C@H]1c1ccc(SC)cc1. The van der Waals surface area contributed by atoms with Gasteiger partial charge in [-0.25, -0.2) is 4.79 Å². The molecule has 6 rings (SSSR count). The number of aromatic nitrogens is 1. The fraction of sp³-hybridized carbons (Fsp3) is 0.300. The number of hydrogen-bond acceptors (Lipinski definition) is 4. The number of nitrogens with zero attached hydrogens (tertiary/aromatic N) is 2. The minimum Gasteiger partial charge on any atom is -0.495 e. The number of ether oxygens (including phenoxy) is 1. The van der Waals surface area contributed by atoms with E-state index in [-0.39, 0.29) is 12.1 Å². The number of amides is 2. The van der Waals surface area contributed by atoms with Crippen LogP contribution in [0.2, 0.25) is 0 Å². The minimum absolute atomic E-state index is 0.126. The molecular weight excluding hydrogens is 498 g/mol. The first-order valence-electron chi connectivity index (χ1n) is 12.7. The molecular formula is C30H31N3O2S2. The summed E-state index contributed by atoms with van der Waals surface area (Å²) < 4.78 is 7.90. The van der Waals surface area contributed by atoms with Gasteiger partial charge in [0, 0.05) is 21.5 Å². The predicted molar refractivity (Wildman–Crippen MR) is 153 cm³/mol. The number of nitrogens with one attached hydrogen (secondary N) is 1. The Kier molecular flexibility index (Phi) is 6.51. The van der Waals surface area contributed by atoms with Gasteiger partial charge in [0.05, 0.1) is 31.1 Å². The summed E-state index contributed by atoms with van der Waals surface area (Å²) in [6.07, 6.45) is 8.92. The van der Waals surface area contributed by atoms with E-state index in [2.05, 4.69) is 58.7 Å². The molecule has 5 nitrogen and oxygen atoms in total. The number of thioether (sulfide) groups is 1. The molecule has 7 heteroatoms. The second-order valence-electron chi connectivity index (χ2n) is 9.74. The van der Waals surface area contributed by atoms with Crippen molar-refractivity contribution in [3.8, 4) is 10.8 Å². The summed E-state index contributed by atoms with van der Waals surface area (Å²) in [6, 6.07) is 18.4. The molecule has 2 aromatic heterocycles. The summed E-state index contributed by atoms with van der Waals surface area (Å²) in [5.41, 5.74) is 6.73. The number of fused-ring (bicyclic) bond motifs is 5. The third-order valence-corrected chi connectivity index (χ3v) is 9.54. The summed E-state index contributed by atoms with van der Waals surface area (Å²) >= 11 is 3.63. The largest absolute Gasteiger partial charge is 0.495 e. The van der Waals surface area contributed by atoms with Crippen LogP contribution in [0.1, 0.15) is 51.7 Å². The Morgan fingerprint density at radius 3 is 2.68 bits per heavy atom. The lowest BCUT2D eigenvalue weighted by Crippen LogP contribution is -2.38. The van der Waals surface area contributed by atoms with Gasteiger partial charge < -0.3 is 19.5 Å². The molecule has 2 aromatic carbocycles. The lowest BCUT2D eigenvalue weighted by molar-refractivity contribution is 0.194. The highest BCUT2D eigenvalue weighted by Crippen LogP contribution is 2.44. The lowest BCUT2D eigenvalue weighted by Gasteiger charge is -2.31. The zero-order valence-corrected chi connectivity index (χ0v) is 23.0. The molecule has 2 aliphatic rings. The summed E-state index contributed by atoms with van der Waals surface area (Å²) in [5, 5.41) is 4.47. The van der Waals surface area contributed by atoms with Crippen molar-refractivity contribution in [2.75, 3.05) is 18.7 Å². The van der Waals surface area contributed by atoms with Crippen molar-refractivity contribution < 1.29 is 9.53 Å². The van der Waals surface area contributed by atoms with Crippen molar-refractivity contribution >= 4 is 34.8 Å². The molecule has 1 N–H and O–H groups in total. The molecule has 0 spiro atoms. The third-order valence-electron chi connectivity index (χ3n) is 7.47. The second-order valence-corrected chi connectivity index (χ2v) is 11.7. The van der Waals surface area contributed by atoms with Crippen molar-refractivity contribution in [1.29, 1.82) is 0 Å². The first-order chi connectivity index (χ1) is 18.1. The molecule has 37 heavy (non-hydrogen) atoms. The highest BCUT2D eigenvalue weighted by molar-refractivity contribution is 7.98. The monoisotopic (exact) mass is 529 g/mol. The van der Waals surface area contributed by atoms with Gasteiger partial charge in [0.1, 0.15) is 10.8 Å². The van der Waals surface area contributed by atoms with E-state index in [0.717, 1.165) is 29.7 Å². The van der Waals surface area contributed by atoms with Gasteiger partial charge in [-0.3, -0.25) is 0 Å². The van der Waals surface area contributed by atoms with E-state index in [1.807, 2.05) is 41.4 Å². The Labute approximate surface area is 226 Å². The average Bonchev–Trinajstić information content (AvgIpc) is 3.51. The van der Waals surface area contributed by atoms with Crippen LogP contribution in [0.5, 0.6) is 5.75 Å². The summed E-state index contributed by atoms with van der Waals surface area (Å²) in [5.74, 6) is 0.659. The Morgan fingerprint density at radius 1 is 1.08 bits per heavy atom. The molecule has 0 radical (unpaired) electrons. The fourth-order valence-corrected chi connectivity index (χ4v) is 7.44. The summed E-state index contributed by atoms with van der Waals surface area (Å²) in [4.78, 5) is 18.9. The molecule has 3 heterocycles. The Bertz CT molecular complexity index is 1450. The van der Waals surface area contributed by atoms with E-state index >= 15 is 0 Å². The van der Waals surface area contributed by atoms with Crippen molar-refractivity contribution in [2.24, 2.45) is 0 Å². The van der Waals surface area contributed by atoms with E-state index in [0.29, 0.717) is 18.0 Å². The summed E-state index contributed by atoms with van der Waals surface area (Å²) in [6.45, 7) is 2.59. The number of urea groups is 1. The Balaban J connectivity index is 1.49. The maximum atomic E-state index is 14.2. The van der Waals surface area contributed by atoms with E-state index < -0.39 is 0 Å². The van der Waals surface area contributed by atoms with Gasteiger partial charge in [0.2, 0.25) is 0 Å². The van der Waals surface area contributed by atoms with Gasteiger partial charge in [-0.1, -0.05) is 18.2 Å². The van der Waals surface area contributed by atoms with Crippen molar-refractivity contribution in [3.63, 3.8) is 0 Å². The highest BCUT2D eigenvalue weighted by Gasteiger charge is 2.36. The van der Waals surface area contributed by atoms with Gasteiger partial charge in [0.15, 0.2) is 0 Å². The summed E-state index contributed by atoms with van der Waals surface area (Å²) in [7, 11) is 1.64. The van der Waals surface area contributed by atoms with Gasteiger partial charge >= 0.3 is 6.03 Å². The van der Waals surface area contributed by atoms with E-state index in [1.54, 1.807) is 18.9 Å². The van der Waals surface area contributed by atoms with Crippen LogP contribution in [0.15, 0.2) is 65.7 Å². The van der Waals surface area contributed by atoms with Gasteiger partial charge in [-0.15, -0.1) is 23.1 Å². The van der Waals surface area contributed by atoms with Crippen molar-refractivity contribution in [2.45, 2.75) is 50.1 Å². The molecule has 0 saturated heterocycles. The van der Waals surface area contributed by atoms with Crippen LogP contribution < -0.4 is 10.1 Å². The van der Waals surface area contributed by atoms with Crippen LogP contribution in [-0.2, 0) is 19.4 Å². The fourth-order valence-electron chi connectivity index (χ4n) is 5.63. The molecule has 0 bridgehead atoms. The van der Waals surface area contributed by atoms with E-state index in [4.69, 9.17) is 4.74 Å².